The van der Waals surface area contributed by atoms with Gasteiger partial charge in [-0.15, -0.1) is 0 Å². The highest BCUT2D eigenvalue weighted by atomic mass is 127. The quantitative estimate of drug-likeness (QED) is 0.489. The molecule has 0 saturated heterocycles. The Hall–Kier alpha value is -0.910. The molecule has 0 heterocycles. The van der Waals surface area contributed by atoms with E-state index in [9.17, 15) is 9.59 Å². The van der Waals surface area contributed by atoms with E-state index in [1.807, 2.05) is 22.6 Å². The lowest BCUT2D eigenvalue weighted by molar-refractivity contribution is 0.101. The molecule has 3 nitrogen and oxygen atoms in total. The van der Waals surface area contributed by atoms with E-state index >= 15 is 0 Å². The monoisotopic (exact) mass is 304 g/mol. The second-order valence-corrected chi connectivity index (χ2v) is 3.91. The summed E-state index contributed by atoms with van der Waals surface area (Å²) in [4.78, 5) is 21.8. The predicted octanol–water partition coefficient (Wildman–Crippen LogP) is 2.31. The van der Waals surface area contributed by atoms with Gasteiger partial charge in [-0.05, 0) is 41.6 Å². The van der Waals surface area contributed by atoms with Crippen molar-refractivity contribution >= 4 is 34.7 Å². The number of rotatable bonds is 3. The normalized spacial score (nSPS) is 9.64. The van der Waals surface area contributed by atoms with E-state index in [2.05, 4.69) is 0 Å². The van der Waals surface area contributed by atoms with Crippen LogP contribution in [0, 0.1) is 3.57 Å². The summed E-state index contributed by atoms with van der Waals surface area (Å²) in [5, 5.41) is 0. The van der Waals surface area contributed by atoms with Gasteiger partial charge in [-0.1, -0.05) is 0 Å². The highest BCUT2D eigenvalue weighted by molar-refractivity contribution is 14.1. The first-order valence-electron chi connectivity index (χ1n) is 3.93. The zero-order valence-electron chi connectivity index (χ0n) is 7.83. The summed E-state index contributed by atoms with van der Waals surface area (Å²) in [6, 6.07) is 3.25. The van der Waals surface area contributed by atoms with E-state index in [4.69, 9.17) is 4.74 Å². The van der Waals surface area contributed by atoms with Gasteiger partial charge in [0.1, 0.15) is 5.75 Å². The van der Waals surface area contributed by atoms with Crippen LogP contribution in [0.1, 0.15) is 27.6 Å². The Bertz CT molecular complexity index is 385. The lowest BCUT2D eigenvalue weighted by Crippen LogP contribution is -1.99. The number of ether oxygens (including phenoxy) is 1. The highest BCUT2D eigenvalue weighted by Gasteiger charge is 2.10. The average Bonchev–Trinajstić information content (AvgIpc) is 2.16. The van der Waals surface area contributed by atoms with E-state index in [1.165, 1.54) is 14.0 Å². The van der Waals surface area contributed by atoms with Crippen LogP contribution >= 0.6 is 22.6 Å². The maximum Gasteiger partial charge on any atom is 0.159 e. The molecule has 0 aliphatic heterocycles. The Morgan fingerprint density at radius 1 is 1.50 bits per heavy atom. The number of aldehydes is 1. The summed E-state index contributed by atoms with van der Waals surface area (Å²) in [6.07, 6.45) is 0.727. The Balaban J connectivity index is 3.38. The summed E-state index contributed by atoms with van der Waals surface area (Å²) in [7, 11) is 1.47. The summed E-state index contributed by atoms with van der Waals surface area (Å²) < 4.78 is 5.74. The number of carbonyl (C=O) groups excluding carboxylic acids is 2. The molecule has 1 aromatic carbocycles. The second-order valence-electron chi connectivity index (χ2n) is 2.75. The largest absolute Gasteiger partial charge is 0.496 e. The molecular weight excluding hydrogens is 295 g/mol. The van der Waals surface area contributed by atoms with Gasteiger partial charge in [-0.3, -0.25) is 9.59 Å². The zero-order valence-corrected chi connectivity index (χ0v) is 9.99. The molecule has 0 unspecified atom stereocenters. The van der Waals surface area contributed by atoms with Crippen molar-refractivity contribution in [3.8, 4) is 5.75 Å². The first-order valence-corrected chi connectivity index (χ1v) is 5.01. The van der Waals surface area contributed by atoms with E-state index < -0.39 is 0 Å². The van der Waals surface area contributed by atoms with Crippen LogP contribution in [0.5, 0.6) is 5.75 Å². The van der Waals surface area contributed by atoms with Gasteiger partial charge in [0.2, 0.25) is 0 Å². The second kappa shape index (κ2) is 4.54. The van der Waals surface area contributed by atoms with Crippen LogP contribution in [0.15, 0.2) is 12.1 Å². The van der Waals surface area contributed by atoms with Crippen LogP contribution in [0.3, 0.4) is 0 Å². The number of Topliss-reactive ketones (excluding diaryl/α,β-unsaturated/α-hetero) is 1. The molecule has 0 aliphatic rings. The molecule has 0 N–H and O–H groups in total. The number of carbonyl (C=O) groups is 2. The molecule has 1 aromatic rings. The highest BCUT2D eigenvalue weighted by Crippen LogP contribution is 2.24. The minimum Gasteiger partial charge on any atom is -0.496 e. The van der Waals surface area contributed by atoms with Gasteiger partial charge in [-0.2, -0.15) is 0 Å². The molecule has 0 bridgehead atoms. The smallest absolute Gasteiger partial charge is 0.159 e. The Morgan fingerprint density at radius 3 is 2.57 bits per heavy atom. The van der Waals surface area contributed by atoms with Crippen molar-refractivity contribution in [3.05, 3.63) is 26.8 Å². The molecule has 1 rings (SSSR count). The first kappa shape index (κ1) is 11.2. The zero-order chi connectivity index (χ0) is 10.7. The lowest BCUT2D eigenvalue weighted by atomic mass is 10.1. The van der Waals surface area contributed by atoms with Crippen LogP contribution in [0.2, 0.25) is 0 Å². The van der Waals surface area contributed by atoms with Crippen LogP contribution in [-0.2, 0) is 0 Å². The fourth-order valence-corrected chi connectivity index (χ4v) is 1.81. The number of hydrogen-bond donors (Lipinski definition) is 0. The Labute approximate surface area is 95.6 Å². The van der Waals surface area contributed by atoms with Crippen molar-refractivity contribution in [2.24, 2.45) is 0 Å². The van der Waals surface area contributed by atoms with E-state index in [0.717, 1.165) is 9.86 Å². The fourth-order valence-electron chi connectivity index (χ4n) is 1.08. The summed E-state index contributed by atoms with van der Waals surface area (Å²) in [6.45, 7) is 1.48. The fraction of sp³-hybridized carbons (Fsp3) is 0.200. The van der Waals surface area contributed by atoms with Crippen molar-refractivity contribution in [2.45, 2.75) is 6.92 Å². The van der Waals surface area contributed by atoms with Gasteiger partial charge in [-0.25, -0.2) is 0 Å². The molecule has 74 valence electrons. The SMILES string of the molecule is COc1cc(C(C)=O)cc(I)c1C=O. The van der Waals surface area contributed by atoms with Crippen LogP contribution in [0.25, 0.3) is 0 Å². The minimum absolute atomic E-state index is 0.0429. The van der Waals surface area contributed by atoms with Crippen molar-refractivity contribution in [3.63, 3.8) is 0 Å². The van der Waals surface area contributed by atoms with Gasteiger partial charge in [0.15, 0.2) is 12.1 Å². The lowest BCUT2D eigenvalue weighted by Gasteiger charge is -2.07. The van der Waals surface area contributed by atoms with Gasteiger partial charge in [0.05, 0.1) is 12.7 Å². The molecule has 0 saturated carbocycles. The summed E-state index contributed by atoms with van der Waals surface area (Å²) in [5.41, 5.74) is 1.04. The molecule has 14 heavy (non-hydrogen) atoms. The molecule has 0 spiro atoms. The maximum atomic E-state index is 11.1. The molecule has 0 aromatic heterocycles. The standard InChI is InChI=1S/C10H9IO3/c1-6(13)7-3-9(11)8(5-12)10(4-7)14-2/h3-5H,1-2H3. The van der Waals surface area contributed by atoms with E-state index in [1.54, 1.807) is 12.1 Å². The van der Waals surface area contributed by atoms with Crippen molar-refractivity contribution in [1.29, 1.82) is 0 Å². The summed E-state index contributed by atoms with van der Waals surface area (Å²) in [5.74, 6) is 0.399. The third-order valence-electron chi connectivity index (χ3n) is 1.84. The van der Waals surface area contributed by atoms with E-state index in [0.29, 0.717) is 16.9 Å². The Morgan fingerprint density at radius 2 is 2.14 bits per heavy atom. The summed E-state index contributed by atoms with van der Waals surface area (Å²) >= 11 is 2.00. The van der Waals surface area contributed by atoms with Gasteiger partial charge in [0, 0.05) is 9.13 Å². The van der Waals surface area contributed by atoms with Crippen LogP contribution in [-0.4, -0.2) is 19.2 Å². The van der Waals surface area contributed by atoms with Gasteiger partial charge in [0.25, 0.3) is 0 Å². The third kappa shape index (κ3) is 2.12. The molecule has 4 heteroatoms. The number of ketones is 1. The first-order chi connectivity index (χ1) is 6.60. The van der Waals surface area contributed by atoms with Crippen molar-refractivity contribution in [1.82, 2.24) is 0 Å². The minimum atomic E-state index is -0.0429. The maximum absolute atomic E-state index is 11.1. The molecule has 0 aliphatic carbocycles. The van der Waals surface area contributed by atoms with E-state index in [-0.39, 0.29) is 5.78 Å². The topological polar surface area (TPSA) is 43.4 Å². The van der Waals surface area contributed by atoms with Crippen molar-refractivity contribution in [2.75, 3.05) is 7.11 Å². The third-order valence-corrected chi connectivity index (χ3v) is 2.73. The molecule has 0 radical (unpaired) electrons. The molecule has 0 amide bonds. The van der Waals surface area contributed by atoms with Gasteiger partial charge < -0.3 is 4.74 Å². The van der Waals surface area contributed by atoms with Crippen LogP contribution in [0.4, 0.5) is 0 Å². The molecule has 0 fully saturated rings. The van der Waals surface area contributed by atoms with Crippen LogP contribution < -0.4 is 4.74 Å². The number of methoxy groups -OCH3 is 1. The number of hydrogen-bond acceptors (Lipinski definition) is 3. The molecule has 0 atom stereocenters. The number of benzene rings is 1. The molecular formula is C10H9IO3. The predicted molar refractivity (Wildman–Crippen MR) is 61.1 cm³/mol. The average molecular weight is 304 g/mol. The Kier molecular flexibility index (Phi) is 3.62. The number of halogens is 1. The van der Waals surface area contributed by atoms with Crippen molar-refractivity contribution < 1.29 is 14.3 Å². The van der Waals surface area contributed by atoms with Gasteiger partial charge >= 0.3 is 0 Å².